The molecular weight excluding hydrogens is 382 g/mol. The van der Waals surface area contributed by atoms with E-state index in [0.717, 1.165) is 11.1 Å². The monoisotopic (exact) mass is 403 g/mol. The summed E-state index contributed by atoms with van der Waals surface area (Å²) in [6.07, 6.45) is 0.632. The van der Waals surface area contributed by atoms with Crippen LogP contribution in [0.1, 0.15) is 27.5 Å². The van der Waals surface area contributed by atoms with Gasteiger partial charge in [0.15, 0.2) is 18.1 Å². The summed E-state index contributed by atoms with van der Waals surface area (Å²) < 4.78 is 15.7. The van der Waals surface area contributed by atoms with Gasteiger partial charge in [-0.1, -0.05) is 60.7 Å². The maximum absolute atomic E-state index is 12.5. The molecule has 3 aromatic carbocycles. The van der Waals surface area contributed by atoms with Gasteiger partial charge in [0, 0.05) is 0 Å². The summed E-state index contributed by atoms with van der Waals surface area (Å²) in [5.41, 5.74) is 2.39. The third-order valence-corrected chi connectivity index (χ3v) is 4.76. The number of benzene rings is 3. The first-order valence-corrected chi connectivity index (χ1v) is 9.64. The van der Waals surface area contributed by atoms with Crippen molar-refractivity contribution in [3.05, 3.63) is 95.6 Å². The standard InChI is InChI=1S/C24H21NO5/c26-23(15-28-24(27)19-11-12-21-22(14-19)30-16-29-21)25-20(18-9-5-2-6-10-18)13-17-7-3-1-4-8-17/h1-12,14,20H,13,15-16H2,(H,25,26)/t20-/m0/s1. The lowest BCUT2D eigenvalue weighted by Gasteiger charge is -2.19. The van der Waals surface area contributed by atoms with E-state index in [0.29, 0.717) is 23.5 Å². The minimum absolute atomic E-state index is 0.124. The Hall–Kier alpha value is -3.80. The molecule has 0 radical (unpaired) electrons. The number of rotatable bonds is 7. The lowest BCUT2D eigenvalue weighted by atomic mass is 9.99. The van der Waals surface area contributed by atoms with Crippen molar-refractivity contribution in [3.8, 4) is 11.5 Å². The predicted octanol–water partition coefficient (Wildman–Crippen LogP) is 3.67. The molecule has 0 saturated carbocycles. The van der Waals surface area contributed by atoms with Crippen molar-refractivity contribution in [2.75, 3.05) is 13.4 Å². The molecule has 0 bridgehead atoms. The minimum Gasteiger partial charge on any atom is -0.454 e. The van der Waals surface area contributed by atoms with E-state index < -0.39 is 5.97 Å². The summed E-state index contributed by atoms with van der Waals surface area (Å²) in [6.45, 7) is -0.246. The van der Waals surface area contributed by atoms with E-state index in [1.807, 2.05) is 60.7 Å². The van der Waals surface area contributed by atoms with Crippen molar-refractivity contribution in [3.63, 3.8) is 0 Å². The molecule has 6 nitrogen and oxygen atoms in total. The molecule has 0 fully saturated rings. The van der Waals surface area contributed by atoms with Crippen molar-refractivity contribution in [1.29, 1.82) is 0 Å². The normalized spacial score (nSPS) is 12.8. The number of hydrogen-bond donors (Lipinski definition) is 1. The molecule has 1 aliphatic rings. The Morgan fingerprint density at radius 1 is 0.900 bits per heavy atom. The molecule has 0 unspecified atom stereocenters. The molecule has 4 rings (SSSR count). The smallest absolute Gasteiger partial charge is 0.338 e. The van der Waals surface area contributed by atoms with Gasteiger partial charge in [0.2, 0.25) is 6.79 Å². The number of esters is 1. The van der Waals surface area contributed by atoms with E-state index >= 15 is 0 Å². The Morgan fingerprint density at radius 2 is 1.60 bits per heavy atom. The second-order valence-electron chi connectivity index (χ2n) is 6.86. The summed E-state index contributed by atoms with van der Waals surface area (Å²) in [6, 6.07) is 24.2. The summed E-state index contributed by atoms with van der Waals surface area (Å²) in [5, 5.41) is 2.97. The second kappa shape index (κ2) is 9.13. The Bertz CT molecular complexity index is 1020. The molecule has 1 heterocycles. The van der Waals surface area contributed by atoms with Gasteiger partial charge < -0.3 is 19.5 Å². The number of amides is 1. The average molecular weight is 403 g/mol. The third-order valence-electron chi connectivity index (χ3n) is 4.76. The number of nitrogens with one attached hydrogen (secondary N) is 1. The van der Waals surface area contributed by atoms with Gasteiger partial charge in [-0.15, -0.1) is 0 Å². The highest BCUT2D eigenvalue weighted by atomic mass is 16.7. The largest absolute Gasteiger partial charge is 0.454 e. The first-order chi connectivity index (χ1) is 14.7. The van der Waals surface area contributed by atoms with E-state index in [4.69, 9.17) is 14.2 Å². The minimum atomic E-state index is -0.595. The van der Waals surface area contributed by atoms with Gasteiger partial charge in [-0.2, -0.15) is 0 Å². The van der Waals surface area contributed by atoms with Crippen molar-refractivity contribution in [1.82, 2.24) is 5.32 Å². The lowest BCUT2D eigenvalue weighted by molar-refractivity contribution is -0.125. The summed E-state index contributed by atoms with van der Waals surface area (Å²) >= 11 is 0. The zero-order chi connectivity index (χ0) is 20.8. The van der Waals surface area contributed by atoms with Gasteiger partial charge in [-0.3, -0.25) is 4.79 Å². The number of hydrogen-bond acceptors (Lipinski definition) is 5. The Kier molecular flexibility index (Phi) is 5.94. The first kappa shape index (κ1) is 19.5. The van der Waals surface area contributed by atoms with Crippen molar-refractivity contribution in [2.24, 2.45) is 0 Å². The number of carbonyl (C=O) groups is 2. The molecule has 1 amide bonds. The molecule has 1 atom stereocenters. The molecular formula is C24H21NO5. The predicted molar refractivity (Wildman–Crippen MR) is 110 cm³/mol. The van der Waals surface area contributed by atoms with E-state index in [1.54, 1.807) is 18.2 Å². The molecule has 1 aliphatic heterocycles. The summed E-state index contributed by atoms with van der Waals surface area (Å²) in [4.78, 5) is 24.8. The van der Waals surface area contributed by atoms with Crippen molar-refractivity contribution < 1.29 is 23.8 Å². The van der Waals surface area contributed by atoms with Crippen LogP contribution in [0, 0.1) is 0 Å². The van der Waals surface area contributed by atoms with Gasteiger partial charge in [-0.05, 0) is 35.7 Å². The van der Waals surface area contributed by atoms with Crippen LogP contribution in [0.5, 0.6) is 11.5 Å². The Balaban J connectivity index is 1.38. The molecule has 1 N–H and O–H groups in total. The van der Waals surface area contributed by atoms with Gasteiger partial charge in [0.05, 0.1) is 11.6 Å². The van der Waals surface area contributed by atoms with Crippen LogP contribution in [0.15, 0.2) is 78.9 Å². The molecule has 0 aliphatic carbocycles. The quantitative estimate of drug-likeness (QED) is 0.610. The van der Waals surface area contributed by atoms with Crippen LogP contribution >= 0.6 is 0 Å². The lowest BCUT2D eigenvalue weighted by Crippen LogP contribution is -2.33. The molecule has 0 aromatic heterocycles. The van der Waals surface area contributed by atoms with Crippen LogP contribution in [0.3, 0.4) is 0 Å². The van der Waals surface area contributed by atoms with Crippen LogP contribution in [0.25, 0.3) is 0 Å². The molecule has 3 aromatic rings. The maximum Gasteiger partial charge on any atom is 0.338 e. The highest BCUT2D eigenvalue weighted by Crippen LogP contribution is 2.32. The van der Waals surface area contributed by atoms with E-state index in [9.17, 15) is 9.59 Å². The Morgan fingerprint density at radius 3 is 2.37 bits per heavy atom. The summed E-state index contributed by atoms with van der Waals surface area (Å²) in [5.74, 6) is 0.105. The zero-order valence-electron chi connectivity index (χ0n) is 16.2. The maximum atomic E-state index is 12.5. The van der Waals surface area contributed by atoms with Crippen LogP contribution in [-0.2, 0) is 16.0 Å². The van der Waals surface area contributed by atoms with Gasteiger partial charge >= 0.3 is 5.97 Å². The fraction of sp³-hybridized carbons (Fsp3) is 0.167. The average Bonchev–Trinajstić information content (AvgIpc) is 3.26. The molecule has 0 spiro atoms. The molecule has 0 saturated heterocycles. The van der Waals surface area contributed by atoms with Crippen LogP contribution in [-0.4, -0.2) is 25.3 Å². The first-order valence-electron chi connectivity index (χ1n) is 9.64. The number of ether oxygens (including phenoxy) is 3. The van der Waals surface area contributed by atoms with Crippen molar-refractivity contribution in [2.45, 2.75) is 12.5 Å². The van der Waals surface area contributed by atoms with E-state index in [-0.39, 0.29) is 25.3 Å². The van der Waals surface area contributed by atoms with Crippen LogP contribution < -0.4 is 14.8 Å². The number of fused-ring (bicyclic) bond motifs is 1. The second-order valence-corrected chi connectivity index (χ2v) is 6.86. The Labute approximate surface area is 174 Å². The SMILES string of the molecule is O=C(COC(=O)c1ccc2c(c1)OCO2)N[C@@H](Cc1ccccc1)c1ccccc1. The zero-order valence-corrected chi connectivity index (χ0v) is 16.2. The van der Waals surface area contributed by atoms with Crippen LogP contribution in [0.4, 0.5) is 0 Å². The third kappa shape index (κ3) is 4.78. The topological polar surface area (TPSA) is 73.9 Å². The van der Waals surface area contributed by atoms with E-state index in [1.165, 1.54) is 0 Å². The molecule has 30 heavy (non-hydrogen) atoms. The summed E-state index contributed by atoms with van der Waals surface area (Å²) in [7, 11) is 0. The fourth-order valence-electron chi connectivity index (χ4n) is 3.26. The van der Waals surface area contributed by atoms with E-state index in [2.05, 4.69) is 5.32 Å². The van der Waals surface area contributed by atoms with Crippen LogP contribution in [0.2, 0.25) is 0 Å². The molecule has 152 valence electrons. The van der Waals surface area contributed by atoms with Gasteiger partial charge in [0.1, 0.15) is 0 Å². The highest BCUT2D eigenvalue weighted by molar-refractivity contribution is 5.92. The molecule has 6 heteroatoms. The van der Waals surface area contributed by atoms with Gasteiger partial charge in [0.25, 0.3) is 5.91 Å². The van der Waals surface area contributed by atoms with Crippen molar-refractivity contribution >= 4 is 11.9 Å². The fourth-order valence-corrected chi connectivity index (χ4v) is 3.26. The highest BCUT2D eigenvalue weighted by Gasteiger charge is 2.19. The number of carbonyl (C=O) groups excluding carboxylic acids is 2. The van der Waals surface area contributed by atoms with Gasteiger partial charge in [-0.25, -0.2) is 4.79 Å².